The third-order valence-corrected chi connectivity index (χ3v) is 5.62. The summed E-state index contributed by atoms with van der Waals surface area (Å²) in [6, 6.07) is 3.74. The van der Waals surface area contributed by atoms with Gasteiger partial charge < -0.3 is 26.6 Å². The van der Waals surface area contributed by atoms with Crippen LogP contribution in [0, 0.1) is 23.1 Å². The van der Waals surface area contributed by atoms with Crippen LogP contribution in [0.25, 0.3) is 0 Å². The molecular formula is C20H22ClFN6O3. The summed E-state index contributed by atoms with van der Waals surface area (Å²) in [4.78, 5) is 37.0. The van der Waals surface area contributed by atoms with E-state index in [0.29, 0.717) is 25.7 Å². The van der Waals surface area contributed by atoms with Gasteiger partial charge in [0.25, 0.3) is 11.8 Å². The highest BCUT2D eigenvalue weighted by molar-refractivity contribution is 6.34. The second-order valence-electron chi connectivity index (χ2n) is 7.29. The van der Waals surface area contributed by atoms with Crippen molar-refractivity contribution >= 4 is 35.0 Å². The summed E-state index contributed by atoms with van der Waals surface area (Å²) in [5, 5.41) is 22.8. The molecule has 11 heteroatoms. The van der Waals surface area contributed by atoms with Crippen molar-refractivity contribution < 1.29 is 18.8 Å². The van der Waals surface area contributed by atoms with Crippen molar-refractivity contribution in [2.75, 3.05) is 19.0 Å². The van der Waals surface area contributed by atoms with Crippen molar-refractivity contribution in [2.45, 2.75) is 31.7 Å². The second kappa shape index (κ2) is 9.66. The fourth-order valence-corrected chi connectivity index (χ4v) is 3.94. The van der Waals surface area contributed by atoms with Gasteiger partial charge in [-0.05, 0) is 37.8 Å². The molecule has 1 aliphatic heterocycles. The summed E-state index contributed by atoms with van der Waals surface area (Å²) in [5.41, 5.74) is 0.434. The van der Waals surface area contributed by atoms with Crippen molar-refractivity contribution in [2.24, 2.45) is 5.92 Å². The van der Waals surface area contributed by atoms with Crippen LogP contribution in [0.15, 0.2) is 23.5 Å². The van der Waals surface area contributed by atoms with Gasteiger partial charge >= 0.3 is 0 Å². The van der Waals surface area contributed by atoms with Crippen LogP contribution in [0.2, 0.25) is 5.02 Å². The van der Waals surface area contributed by atoms with Crippen LogP contribution in [0.5, 0.6) is 0 Å². The molecule has 3 rings (SSSR count). The number of likely N-dealkylation sites (N-methyl/N-ethyl adjacent to an activating group) is 1. The zero-order valence-electron chi connectivity index (χ0n) is 16.8. The topological polar surface area (TPSA) is 135 Å². The number of benzene rings is 1. The Bertz CT molecular complexity index is 982. The van der Waals surface area contributed by atoms with Crippen molar-refractivity contribution in [1.82, 2.24) is 21.3 Å². The minimum Gasteiger partial charge on any atom is -0.362 e. The van der Waals surface area contributed by atoms with E-state index in [1.165, 1.54) is 7.05 Å². The molecule has 164 valence electrons. The molecule has 1 saturated carbocycles. The lowest BCUT2D eigenvalue weighted by atomic mass is 9.85. The molecule has 0 unspecified atom stereocenters. The van der Waals surface area contributed by atoms with E-state index in [-0.39, 0.29) is 64.0 Å². The molecule has 1 aliphatic carbocycles. The van der Waals surface area contributed by atoms with Crippen LogP contribution in [0.3, 0.4) is 0 Å². The summed E-state index contributed by atoms with van der Waals surface area (Å²) >= 11 is 5.99. The number of carbonyl (C=O) groups excluding carboxylic acids is 3. The molecular weight excluding hydrogens is 427 g/mol. The van der Waals surface area contributed by atoms with Crippen LogP contribution >= 0.6 is 11.6 Å². The first kappa shape index (κ1) is 22.4. The largest absolute Gasteiger partial charge is 0.362 e. The van der Waals surface area contributed by atoms with Crippen LogP contribution < -0.4 is 26.6 Å². The Morgan fingerprint density at radius 1 is 1.13 bits per heavy atom. The number of anilines is 1. The minimum atomic E-state index is -0.655. The van der Waals surface area contributed by atoms with Crippen LogP contribution in [-0.2, 0) is 14.4 Å². The number of nitrogens with zero attached hydrogens (tertiary/aromatic N) is 1. The van der Waals surface area contributed by atoms with Gasteiger partial charge in [-0.3, -0.25) is 14.4 Å². The number of carbonyl (C=O) groups is 3. The number of nitrogens with one attached hydrogen (secondary N) is 5. The first-order valence-corrected chi connectivity index (χ1v) is 10.2. The van der Waals surface area contributed by atoms with Gasteiger partial charge in [0.15, 0.2) is 0 Å². The minimum absolute atomic E-state index is 0.0382. The van der Waals surface area contributed by atoms with E-state index < -0.39 is 5.82 Å². The van der Waals surface area contributed by atoms with Crippen molar-refractivity contribution in [3.8, 4) is 6.07 Å². The zero-order chi connectivity index (χ0) is 22.5. The number of rotatable bonds is 5. The van der Waals surface area contributed by atoms with Crippen molar-refractivity contribution in [1.29, 1.82) is 5.26 Å². The highest BCUT2D eigenvalue weighted by Crippen LogP contribution is 2.30. The van der Waals surface area contributed by atoms with Gasteiger partial charge in [0, 0.05) is 19.0 Å². The predicted octanol–water partition coefficient (Wildman–Crippen LogP) is 1.07. The summed E-state index contributed by atoms with van der Waals surface area (Å²) in [6.07, 6.45) is 2.18. The highest BCUT2D eigenvalue weighted by atomic mass is 35.5. The summed E-state index contributed by atoms with van der Waals surface area (Å²) < 4.78 is 13.4. The smallest absolute Gasteiger partial charge is 0.269 e. The summed E-state index contributed by atoms with van der Waals surface area (Å²) in [7, 11) is 1.48. The molecule has 1 heterocycles. The lowest BCUT2D eigenvalue weighted by molar-refractivity contribution is -0.121. The van der Waals surface area contributed by atoms with Gasteiger partial charge in [-0.1, -0.05) is 11.6 Å². The molecule has 0 aromatic heterocycles. The van der Waals surface area contributed by atoms with E-state index in [2.05, 4.69) is 26.6 Å². The molecule has 1 fully saturated rings. The molecule has 31 heavy (non-hydrogen) atoms. The maximum Gasteiger partial charge on any atom is 0.269 e. The number of hydrogen-bond donors (Lipinski definition) is 5. The SMILES string of the molecule is CNC(=O)C1=C(C(=O)N[C@H]2CC[C@H](C(=O)Nc3c(Cl)cc(F)cc3C#N)CC2)NCN1. The highest BCUT2D eigenvalue weighted by Gasteiger charge is 2.30. The van der Waals surface area contributed by atoms with E-state index in [4.69, 9.17) is 16.9 Å². The molecule has 3 amide bonds. The van der Waals surface area contributed by atoms with Crippen LogP contribution in [0.4, 0.5) is 10.1 Å². The molecule has 1 aromatic carbocycles. The van der Waals surface area contributed by atoms with E-state index in [1.54, 1.807) is 0 Å². The normalized spacial score (nSPS) is 20.2. The Balaban J connectivity index is 1.57. The first-order valence-electron chi connectivity index (χ1n) is 9.79. The van der Waals surface area contributed by atoms with Crippen molar-refractivity contribution in [3.63, 3.8) is 0 Å². The monoisotopic (exact) mass is 448 g/mol. The Labute approximate surface area is 183 Å². The maximum atomic E-state index is 13.4. The molecule has 1 aromatic rings. The molecule has 0 bridgehead atoms. The number of amides is 3. The fourth-order valence-electron chi connectivity index (χ4n) is 3.68. The Morgan fingerprint density at radius 2 is 1.77 bits per heavy atom. The van der Waals surface area contributed by atoms with Crippen LogP contribution in [0.1, 0.15) is 31.2 Å². The van der Waals surface area contributed by atoms with E-state index >= 15 is 0 Å². The fraction of sp³-hybridized carbons (Fsp3) is 0.400. The maximum absolute atomic E-state index is 13.4. The van der Waals surface area contributed by atoms with E-state index in [9.17, 15) is 18.8 Å². The third kappa shape index (κ3) is 5.06. The second-order valence-corrected chi connectivity index (χ2v) is 7.70. The Hall–Kier alpha value is -3.32. The van der Waals surface area contributed by atoms with Gasteiger partial charge in [0.2, 0.25) is 5.91 Å². The average molecular weight is 449 g/mol. The number of halogens is 2. The standard InChI is InChI=1S/C20H22ClFN6O3/c1-24-19(30)16-17(26-9-25-16)20(31)27-13-4-2-10(3-5-13)18(29)28-15-11(8-23)6-12(22)7-14(15)21/h6-7,10,13,25-26H,2-5,9H2,1H3,(H,24,30)(H,27,31)(H,28,29)/t10-,13-. The van der Waals surface area contributed by atoms with Gasteiger partial charge in [0.1, 0.15) is 23.3 Å². The molecule has 0 saturated heterocycles. The molecule has 0 radical (unpaired) electrons. The lowest BCUT2D eigenvalue weighted by Gasteiger charge is -2.28. The Morgan fingerprint density at radius 3 is 2.39 bits per heavy atom. The molecule has 0 spiro atoms. The lowest BCUT2D eigenvalue weighted by Crippen LogP contribution is -2.42. The number of nitriles is 1. The summed E-state index contributed by atoms with van der Waals surface area (Å²) in [5.74, 6) is -2.05. The first-order chi connectivity index (χ1) is 14.8. The Kier molecular flexibility index (Phi) is 6.97. The average Bonchev–Trinajstić information content (AvgIpc) is 3.25. The molecule has 2 aliphatic rings. The summed E-state index contributed by atoms with van der Waals surface area (Å²) in [6.45, 7) is 0.287. The van der Waals surface area contributed by atoms with Gasteiger partial charge in [-0.2, -0.15) is 5.26 Å². The van der Waals surface area contributed by atoms with E-state index in [1.807, 2.05) is 6.07 Å². The van der Waals surface area contributed by atoms with Gasteiger partial charge in [-0.15, -0.1) is 0 Å². The number of hydrogen-bond acceptors (Lipinski definition) is 6. The quantitative estimate of drug-likeness (QED) is 0.457. The molecule has 9 nitrogen and oxygen atoms in total. The van der Waals surface area contributed by atoms with Crippen LogP contribution in [-0.4, -0.2) is 37.5 Å². The van der Waals surface area contributed by atoms with E-state index in [0.717, 1.165) is 12.1 Å². The molecule has 0 atom stereocenters. The zero-order valence-corrected chi connectivity index (χ0v) is 17.5. The third-order valence-electron chi connectivity index (χ3n) is 5.32. The van der Waals surface area contributed by atoms with Gasteiger partial charge in [-0.25, -0.2) is 4.39 Å². The molecule has 5 N–H and O–H groups in total. The van der Waals surface area contributed by atoms with Crippen molar-refractivity contribution in [3.05, 3.63) is 39.9 Å². The predicted molar refractivity (Wildman–Crippen MR) is 111 cm³/mol. The van der Waals surface area contributed by atoms with Gasteiger partial charge in [0.05, 0.1) is 22.9 Å².